The average molecular weight is 364 g/mol. The number of furan rings is 1. The predicted molar refractivity (Wildman–Crippen MR) is 89.4 cm³/mol. The number of halogens is 1. The van der Waals surface area contributed by atoms with Gasteiger partial charge < -0.3 is 14.2 Å². The van der Waals surface area contributed by atoms with Gasteiger partial charge in [0.05, 0.1) is 11.2 Å². The third-order valence-electron chi connectivity index (χ3n) is 3.70. The molecule has 6 nitrogen and oxygen atoms in total. The number of nitrogens with zero attached hydrogens (tertiary/aromatic N) is 1. The number of rotatable bonds is 6. The van der Waals surface area contributed by atoms with Crippen molar-refractivity contribution < 1.29 is 21.6 Å². The highest BCUT2D eigenvalue weighted by Gasteiger charge is 2.29. The molecule has 1 atom stereocenters. The predicted octanol–water partition coefficient (Wildman–Crippen LogP) is 4.12. The van der Waals surface area contributed by atoms with Crippen LogP contribution in [0, 0.1) is 5.82 Å². The highest BCUT2D eigenvalue weighted by atomic mass is 32.2. The fraction of sp³-hybridized carbons (Fsp3) is 0.235. The maximum atomic E-state index is 13.1. The van der Waals surface area contributed by atoms with Gasteiger partial charge >= 0.3 is 0 Å². The number of hydrogen-bond donors (Lipinski definition) is 1. The molecule has 0 spiro atoms. The van der Waals surface area contributed by atoms with Gasteiger partial charge in [0.2, 0.25) is 20.7 Å². The minimum Gasteiger partial charge on any atom is -0.459 e. The Bertz CT molecular complexity index is 947. The van der Waals surface area contributed by atoms with E-state index >= 15 is 0 Å². The van der Waals surface area contributed by atoms with Crippen molar-refractivity contribution in [3.63, 3.8) is 0 Å². The fourth-order valence-electron chi connectivity index (χ4n) is 2.14. The van der Waals surface area contributed by atoms with Gasteiger partial charge in [0.15, 0.2) is 5.76 Å². The molecule has 8 heteroatoms. The average Bonchev–Trinajstić information content (AvgIpc) is 3.24. The maximum Gasteiger partial charge on any atom is 0.266 e. The second-order valence-electron chi connectivity index (χ2n) is 5.54. The molecule has 25 heavy (non-hydrogen) atoms. The van der Waals surface area contributed by atoms with Crippen LogP contribution in [-0.2, 0) is 9.84 Å². The number of oxazole rings is 1. The molecule has 0 bridgehead atoms. The number of benzene rings is 1. The van der Waals surface area contributed by atoms with Crippen LogP contribution in [0.15, 0.2) is 61.4 Å². The second-order valence-corrected chi connectivity index (χ2v) is 7.41. The van der Waals surface area contributed by atoms with Gasteiger partial charge in [0, 0.05) is 6.04 Å². The third-order valence-corrected chi connectivity index (χ3v) is 5.37. The fourth-order valence-corrected chi connectivity index (χ4v) is 3.40. The lowest BCUT2D eigenvalue weighted by Gasteiger charge is -2.11. The molecule has 1 aromatic carbocycles. The Kier molecular flexibility index (Phi) is 4.63. The summed E-state index contributed by atoms with van der Waals surface area (Å²) in [5.74, 6) is -0.123. The molecule has 3 aromatic rings. The van der Waals surface area contributed by atoms with Crippen molar-refractivity contribution in [2.75, 3.05) is 5.32 Å². The first-order valence-corrected chi connectivity index (χ1v) is 9.22. The van der Waals surface area contributed by atoms with Crippen LogP contribution in [0.5, 0.6) is 0 Å². The summed E-state index contributed by atoms with van der Waals surface area (Å²) >= 11 is 0. The molecule has 0 fully saturated rings. The van der Waals surface area contributed by atoms with Gasteiger partial charge in [-0.1, -0.05) is 6.92 Å². The van der Waals surface area contributed by atoms with E-state index in [0.717, 1.165) is 18.6 Å². The third kappa shape index (κ3) is 3.43. The Labute approximate surface area is 144 Å². The largest absolute Gasteiger partial charge is 0.459 e. The van der Waals surface area contributed by atoms with E-state index in [1.54, 1.807) is 12.1 Å². The summed E-state index contributed by atoms with van der Waals surface area (Å²) in [4.78, 5) is 4.04. The molecule has 2 aromatic heterocycles. The molecule has 0 aliphatic rings. The summed E-state index contributed by atoms with van der Waals surface area (Å²) in [5, 5.41) is 2.75. The van der Waals surface area contributed by atoms with Crippen molar-refractivity contribution >= 4 is 15.7 Å². The molecule has 1 unspecified atom stereocenters. The molecule has 1 N–H and O–H groups in total. The number of sulfone groups is 1. The summed E-state index contributed by atoms with van der Waals surface area (Å²) in [6.45, 7) is 3.85. The van der Waals surface area contributed by atoms with Crippen LogP contribution in [0.3, 0.4) is 0 Å². The first-order valence-electron chi connectivity index (χ1n) is 7.73. The van der Waals surface area contributed by atoms with Crippen LogP contribution in [0.25, 0.3) is 11.7 Å². The molecule has 3 rings (SSSR count). The SMILES string of the molecule is CCC(C)Nc1oc(-c2ccco2)nc1S(=O)(=O)c1ccc(F)cc1. The van der Waals surface area contributed by atoms with E-state index in [2.05, 4.69) is 10.3 Å². The van der Waals surface area contributed by atoms with E-state index in [1.165, 1.54) is 18.4 Å². The van der Waals surface area contributed by atoms with Crippen LogP contribution in [0.4, 0.5) is 10.3 Å². The minimum absolute atomic E-state index is 0.0282. The van der Waals surface area contributed by atoms with E-state index in [1.807, 2.05) is 13.8 Å². The number of hydrogen-bond acceptors (Lipinski definition) is 6. The van der Waals surface area contributed by atoms with Crippen molar-refractivity contribution in [3.05, 3.63) is 48.5 Å². The first-order chi connectivity index (χ1) is 11.9. The van der Waals surface area contributed by atoms with E-state index in [9.17, 15) is 12.8 Å². The van der Waals surface area contributed by atoms with Gasteiger partial charge in [0.25, 0.3) is 5.89 Å². The van der Waals surface area contributed by atoms with Crippen LogP contribution in [0.1, 0.15) is 20.3 Å². The summed E-state index contributed by atoms with van der Waals surface area (Å²) in [6, 6.07) is 7.80. The Morgan fingerprint density at radius 2 is 1.96 bits per heavy atom. The van der Waals surface area contributed by atoms with Gasteiger partial charge in [-0.2, -0.15) is 4.98 Å². The number of anilines is 1. The van der Waals surface area contributed by atoms with Crippen molar-refractivity contribution in [1.29, 1.82) is 0 Å². The Balaban J connectivity index is 2.10. The van der Waals surface area contributed by atoms with E-state index in [4.69, 9.17) is 8.83 Å². The van der Waals surface area contributed by atoms with Crippen LogP contribution >= 0.6 is 0 Å². The lowest BCUT2D eigenvalue weighted by atomic mass is 10.3. The Hall–Kier alpha value is -2.61. The lowest BCUT2D eigenvalue weighted by Crippen LogP contribution is -2.15. The van der Waals surface area contributed by atoms with Gasteiger partial charge in [-0.15, -0.1) is 0 Å². The molecule has 0 saturated heterocycles. The second kappa shape index (κ2) is 6.72. The zero-order valence-electron chi connectivity index (χ0n) is 13.7. The van der Waals surface area contributed by atoms with Crippen molar-refractivity contribution in [2.24, 2.45) is 0 Å². The van der Waals surface area contributed by atoms with Crippen molar-refractivity contribution in [2.45, 2.75) is 36.2 Å². The first kappa shape index (κ1) is 17.2. The van der Waals surface area contributed by atoms with Crippen LogP contribution < -0.4 is 5.32 Å². The summed E-state index contributed by atoms with van der Waals surface area (Å²) < 4.78 is 49.7. The zero-order valence-corrected chi connectivity index (χ0v) is 14.5. The lowest BCUT2D eigenvalue weighted by molar-refractivity contribution is 0.518. The van der Waals surface area contributed by atoms with Gasteiger partial charge in [-0.3, -0.25) is 0 Å². The Morgan fingerprint density at radius 1 is 1.24 bits per heavy atom. The maximum absolute atomic E-state index is 13.1. The topological polar surface area (TPSA) is 85.3 Å². The zero-order chi connectivity index (χ0) is 18.0. The van der Waals surface area contributed by atoms with Gasteiger partial charge in [-0.05, 0) is 49.7 Å². The van der Waals surface area contributed by atoms with Crippen LogP contribution in [-0.4, -0.2) is 19.4 Å². The molecule has 0 radical (unpaired) electrons. The quantitative estimate of drug-likeness (QED) is 0.662. The smallest absolute Gasteiger partial charge is 0.266 e. The Morgan fingerprint density at radius 3 is 2.56 bits per heavy atom. The van der Waals surface area contributed by atoms with E-state index in [0.29, 0.717) is 5.76 Å². The highest BCUT2D eigenvalue weighted by Crippen LogP contribution is 2.33. The molecule has 0 saturated carbocycles. The molecule has 0 amide bonds. The molecule has 0 aliphatic heterocycles. The molecule has 0 aliphatic carbocycles. The van der Waals surface area contributed by atoms with Crippen molar-refractivity contribution in [3.8, 4) is 11.7 Å². The molecule has 132 valence electrons. The van der Waals surface area contributed by atoms with E-state index < -0.39 is 15.7 Å². The molecular formula is C17H17FN2O4S. The minimum atomic E-state index is -3.99. The number of nitrogens with one attached hydrogen (secondary N) is 1. The van der Waals surface area contributed by atoms with Gasteiger partial charge in [-0.25, -0.2) is 12.8 Å². The summed E-state index contributed by atoms with van der Waals surface area (Å²) in [7, 11) is -3.99. The molecule has 2 heterocycles. The van der Waals surface area contributed by atoms with Gasteiger partial charge in [0.1, 0.15) is 5.82 Å². The highest BCUT2D eigenvalue weighted by molar-refractivity contribution is 7.91. The normalized spacial score (nSPS) is 12.9. The summed E-state index contributed by atoms with van der Waals surface area (Å²) in [6.07, 6.45) is 2.20. The standard InChI is InChI=1S/C17H17FN2O4S/c1-3-11(2)19-16-17(20-15(24-16)14-5-4-10-23-14)25(21,22)13-8-6-12(18)7-9-13/h4-11,19H,3H2,1-2H3. The number of aromatic nitrogens is 1. The monoisotopic (exact) mass is 364 g/mol. The van der Waals surface area contributed by atoms with Crippen molar-refractivity contribution in [1.82, 2.24) is 4.98 Å². The van der Waals surface area contributed by atoms with Crippen LogP contribution in [0.2, 0.25) is 0 Å². The molecular weight excluding hydrogens is 347 g/mol. The van der Waals surface area contributed by atoms with E-state index in [-0.39, 0.29) is 27.7 Å². The summed E-state index contributed by atoms with van der Waals surface area (Å²) in [5.41, 5.74) is 0.